The summed E-state index contributed by atoms with van der Waals surface area (Å²) in [5.41, 5.74) is 3.05. The van der Waals surface area contributed by atoms with E-state index < -0.39 is 0 Å². The summed E-state index contributed by atoms with van der Waals surface area (Å²) in [6, 6.07) is 3.92. The van der Waals surface area contributed by atoms with Crippen molar-refractivity contribution >= 4 is 16.9 Å². The summed E-state index contributed by atoms with van der Waals surface area (Å²) in [5.74, 6) is 0.742. The molecular formula is C19H27N3O2. The Kier molecular flexibility index (Phi) is 4.38. The zero-order valence-corrected chi connectivity index (χ0v) is 15.1. The molecule has 0 saturated carbocycles. The lowest BCUT2D eigenvalue weighted by molar-refractivity contribution is 0.277. The number of benzene rings is 1. The van der Waals surface area contributed by atoms with Gasteiger partial charge in [0.25, 0.3) is 5.56 Å². The van der Waals surface area contributed by atoms with Gasteiger partial charge >= 0.3 is 0 Å². The zero-order chi connectivity index (χ0) is 17.5. The van der Waals surface area contributed by atoms with E-state index in [0.717, 1.165) is 48.5 Å². The summed E-state index contributed by atoms with van der Waals surface area (Å²) < 4.78 is 1.67. The molecule has 1 saturated heterocycles. The SMILES string of the molecule is Cc1cc(CCO)c2nc(N3CCC(C)(C)CC3)n(C)c(=O)c2c1. The van der Waals surface area contributed by atoms with Gasteiger partial charge in [-0.3, -0.25) is 9.36 Å². The third kappa shape index (κ3) is 3.05. The Morgan fingerprint density at radius 1 is 1.25 bits per heavy atom. The number of aliphatic hydroxyl groups excluding tert-OH is 1. The highest BCUT2D eigenvalue weighted by atomic mass is 16.3. The molecule has 0 amide bonds. The van der Waals surface area contributed by atoms with E-state index in [4.69, 9.17) is 4.98 Å². The first-order valence-corrected chi connectivity index (χ1v) is 8.68. The highest BCUT2D eigenvalue weighted by Gasteiger charge is 2.27. The Bertz CT molecular complexity index is 813. The lowest BCUT2D eigenvalue weighted by atomic mass is 9.83. The van der Waals surface area contributed by atoms with Gasteiger partial charge in [0.1, 0.15) is 0 Å². The Morgan fingerprint density at radius 2 is 1.92 bits per heavy atom. The molecule has 1 N–H and O–H groups in total. The van der Waals surface area contributed by atoms with Crippen LogP contribution in [0.5, 0.6) is 0 Å². The molecule has 5 heteroatoms. The second-order valence-electron chi connectivity index (χ2n) is 7.72. The van der Waals surface area contributed by atoms with E-state index in [2.05, 4.69) is 18.7 Å². The summed E-state index contributed by atoms with van der Waals surface area (Å²) in [6.45, 7) is 8.45. The second-order valence-corrected chi connectivity index (χ2v) is 7.72. The molecule has 0 spiro atoms. The number of hydrogen-bond acceptors (Lipinski definition) is 4. The number of nitrogens with zero attached hydrogens (tertiary/aromatic N) is 3. The van der Waals surface area contributed by atoms with Crippen molar-refractivity contribution in [3.8, 4) is 0 Å². The van der Waals surface area contributed by atoms with Crippen molar-refractivity contribution in [2.24, 2.45) is 12.5 Å². The van der Waals surface area contributed by atoms with Crippen molar-refractivity contribution in [3.63, 3.8) is 0 Å². The largest absolute Gasteiger partial charge is 0.396 e. The summed E-state index contributed by atoms with van der Waals surface area (Å²) >= 11 is 0. The smallest absolute Gasteiger partial charge is 0.262 e. The molecule has 5 nitrogen and oxygen atoms in total. The number of hydrogen-bond donors (Lipinski definition) is 1. The molecule has 0 atom stereocenters. The van der Waals surface area contributed by atoms with E-state index in [9.17, 15) is 9.90 Å². The van der Waals surface area contributed by atoms with Gasteiger partial charge in [-0.15, -0.1) is 0 Å². The highest BCUT2D eigenvalue weighted by molar-refractivity contribution is 5.83. The monoisotopic (exact) mass is 329 g/mol. The van der Waals surface area contributed by atoms with Crippen LogP contribution in [0.2, 0.25) is 0 Å². The lowest BCUT2D eigenvalue weighted by Crippen LogP contribution is -2.40. The van der Waals surface area contributed by atoms with Gasteiger partial charge in [0.15, 0.2) is 0 Å². The normalized spacial score (nSPS) is 17.5. The maximum Gasteiger partial charge on any atom is 0.262 e. The average Bonchev–Trinajstić information content (AvgIpc) is 2.52. The molecule has 2 heterocycles. The van der Waals surface area contributed by atoms with Crippen LogP contribution in [0.4, 0.5) is 5.95 Å². The Hall–Kier alpha value is -1.88. The predicted molar refractivity (Wildman–Crippen MR) is 97.7 cm³/mol. The third-order valence-corrected chi connectivity index (χ3v) is 5.16. The summed E-state index contributed by atoms with van der Waals surface area (Å²) in [7, 11) is 1.80. The fourth-order valence-corrected chi connectivity index (χ4v) is 3.50. The van der Waals surface area contributed by atoms with E-state index >= 15 is 0 Å². The molecule has 130 valence electrons. The number of aliphatic hydroxyl groups is 1. The van der Waals surface area contributed by atoms with E-state index in [0.29, 0.717) is 17.2 Å². The quantitative estimate of drug-likeness (QED) is 0.939. The van der Waals surface area contributed by atoms with Crippen molar-refractivity contribution in [3.05, 3.63) is 33.6 Å². The minimum atomic E-state index is -0.0114. The van der Waals surface area contributed by atoms with Gasteiger partial charge in [-0.1, -0.05) is 19.9 Å². The molecule has 2 aromatic rings. The molecule has 0 unspecified atom stereocenters. The Balaban J connectivity index is 2.13. The van der Waals surface area contributed by atoms with Gasteiger partial charge in [0.05, 0.1) is 10.9 Å². The minimum Gasteiger partial charge on any atom is -0.396 e. The van der Waals surface area contributed by atoms with Gasteiger partial charge in [-0.05, 0) is 48.8 Å². The van der Waals surface area contributed by atoms with Gasteiger partial charge in [-0.2, -0.15) is 0 Å². The average molecular weight is 329 g/mol. The van der Waals surface area contributed by atoms with Gasteiger partial charge in [-0.25, -0.2) is 4.98 Å². The molecule has 0 aliphatic carbocycles. The number of aromatic nitrogens is 2. The molecule has 1 fully saturated rings. The van der Waals surface area contributed by atoms with Crippen LogP contribution < -0.4 is 10.5 Å². The molecule has 0 radical (unpaired) electrons. The fourth-order valence-electron chi connectivity index (χ4n) is 3.50. The number of fused-ring (bicyclic) bond motifs is 1. The number of piperidine rings is 1. The topological polar surface area (TPSA) is 58.4 Å². The highest BCUT2D eigenvalue weighted by Crippen LogP contribution is 2.31. The molecule has 0 bridgehead atoms. The van der Waals surface area contributed by atoms with Crippen molar-refractivity contribution < 1.29 is 5.11 Å². The molecule has 1 aromatic heterocycles. The molecular weight excluding hydrogens is 302 g/mol. The third-order valence-electron chi connectivity index (χ3n) is 5.16. The van der Waals surface area contributed by atoms with Crippen molar-refractivity contribution in [2.45, 2.75) is 40.0 Å². The van der Waals surface area contributed by atoms with Crippen LogP contribution in [0.25, 0.3) is 10.9 Å². The van der Waals surface area contributed by atoms with E-state index in [1.54, 1.807) is 11.6 Å². The lowest BCUT2D eigenvalue weighted by Gasteiger charge is -2.38. The summed E-state index contributed by atoms with van der Waals surface area (Å²) in [4.78, 5) is 19.9. The molecule has 24 heavy (non-hydrogen) atoms. The van der Waals surface area contributed by atoms with E-state index in [1.165, 1.54) is 0 Å². The van der Waals surface area contributed by atoms with Crippen LogP contribution in [0.15, 0.2) is 16.9 Å². The summed E-state index contributed by atoms with van der Waals surface area (Å²) in [5, 5.41) is 9.99. The maximum absolute atomic E-state index is 12.9. The molecule has 1 aliphatic rings. The second kappa shape index (κ2) is 6.20. The minimum absolute atomic E-state index is 0.0114. The van der Waals surface area contributed by atoms with Crippen LogP contribution in [0.3, 0.4) is 0 Å². The fraction of sp³-hybridized carbons (Fsp3) is 0.579. The Labute approximate surface area is 142 Å². The van der Waals surface area contributed by atoms with E-state index in [1.807, 2.05) is 19.1 Å². The predicted octanol–water partition coefficient (Wildman–Crippen LogP) is 2.40. The first kappa shape index (κ1) is 17.0. The standard InChI is InChI=1S/C19H27N3O2/c1-13-11-14(5-10-23)16-15(12-13)17(24)21(4)18(20-16)22-8-6-19(2,3)7-9-22/h11-12,23H,5-10H2,1-4H3. The molecule has 3 rings (SSSR count). The van der Waals surface area contributed by atoms with Gasteiger partial charge in [0.2, 0.25) is 5.95 Å². The number of rotatable bonds is 3. The van der Waals surface area contributed by atoms with Crippen LogP contribution in [0.1, 0.15) is 37.8 Å². The van der Waals surface area contributed by atoms with Crippen molar-refractivity contribution in [1.82, 2.24) is 9.55 Å². The molecule has 1 aromatic carbocycles. The van der Waals surface area contributed by atoms with Crippen molar-refractivity contribution in [1.29, 1.82) is 0 Å². The number of aryl methyl sites for hydroxylation is 1. The van der Waals surface area contributed by atoms with Crippen LogP contribution in [-0.4, -0.2) is 34.4 Å². The van der Waals surface area contributed by atoms with Crippen LogP contribution >= 0.6 is 0 Å². The van der Waals surface area contributed by atoms with Crippen molar-refractivity contribution in [2.75, 3.05) is 24.6 Å². The van der Waals surface area contributed by atoms with E-state index in [-0.39, 0.29) is 12.2 Å². The first-order chi connectivity index (χ1) is 11.3. The van der Waals surface area contributed by atoms with Gasteiger partial charge < -0.3 is 10.0 Å². The van der Waals surface area contributed by atoms with Crippen LogP contribution in [-0.2, 0) is 13.5 Å². The number of anilines is 1. The maximum atomic E-state index is 12.9. The first-order valence-electron chi connectivity index (χ1n) is 8.68. The Morgan fingerprint density at radius 3 is 2.54 bits per heavy atom. The zero-order valence-electron chi connectivity index (χ0n) is 15.1. The van der Waals surface area contributed by atoms with Crippen LogP contribution in [0, 0.1) is 12.3 Å². The van der Waals surface area contributed by atoms with Gasteiger partial charge in [0, 0.05) is 26.7 Å². The molecule has 1 aliphatic heterocycles. The summed E-state index contributed by atoms with van der Waals surface area (Å²) in [6.07, 6.45) is 2.71.